The van der Waals surface area contributed by atoms with Gasteiger partial charge in [0.25, 0.3) is 0 Å². The standard InChI is InChI=1S/C12H16O2.C8H8O.C4H2N2/c1-3-11-5-7-12(8-6-11)14-10-9-13-4-2;1-2-7-3-5-8(9)6-4-7;5-3-1-2-4-6/h3,5-8H,1,4,9-10H2,2H3;2-6,9H,1H2;1-2H/b;;2-1+. The van der Waals surface area contributed by atoms with Crippen molar-refractivity contribution in [2.45, 2.75) is 6.92 Å². The first-order chi connectivity index (χ1) is 14.1. The highest BCUT2D eigenvalue weighted by Gasteiger charge is 1.92. The Labute approximate surface area is 173 Å². The maximum absolute atomic E-state index is 8.82. The van der Waals surface area contributed by atoms with Crippen molar-refractivity contribution in [3.05, 3.63) is 85.0 Å². The number of benzene rings is 2. The molecule has 0 aliphatic rings. The van der Waals surface area contributed by atoms with Gasteiger partial charge in [0, 0.05) is 18.8 Å². The number of hydrogen-bond donors (Lipinski definition) is 1. The molecule has 0 saturated heterocycles. The van der Waals surface area contributed by atoms with Crippen LogP contribution in [0.1, 0.15) is 18.1 Å². The fourth-order valence-corrected chi connectivity index (χ4v) is 1.75. The van der Waals surface area contributed by atoms with Crippen molar-refractivity contribution < 1.29 is 14.6 Å². The summed E-state index contributed by atoms with van der Waals surface area (Å²) in [5, 5.41) is 24.2. The zero-order valence-corrected chi connectivity index (χ0v) is 16.6. The summed E-state index contributed by atoms with van der Waals surface area (Å²) in [5.74, 6) is 1.16. The normalized spacial score (nSPS) is 8.93. The van der Waals surface area contributed by atoms with Gasteiger partial charge in [-0.05, 0) is 42.3 Å². The molecular formula is C24H26N2O3. The number of phenols is 1. The molecule has 150 valence electrons. The van der Waals surface area contributed by atoms with E-state index in [2.05, 4.69) is 13.2 Å². The molecule has 0 aromatic heterocycles. The topological polar surface area (TPSA) is 86.3 Å². The van der Waals surface area contributed by atoms with Gasteiger partial charge in [0.05, 0.1) is 18.7 Å². The molecule has 29 heavy (non-hydrogen) atoms. The molecule has 0 saturated carbocycles. The number of hydrogen-bond acceptors (Lipinski definition) is 5. The average Bonchev–Trinajstić information content (AvgIpc) is 2.77. The van der Waals surface area contributed by atoms with E-state index in [0.29, 0.717) is 19.0 Å². The fourth-order valence-electron chi connectivity index (χ4n) is 1.75. The van der Waals surface area contributed by atoms with Gasteiger partial charge in [-0.3, -0.25) is 0 Å². The summed E-state index contributed by atoms with van der Waals surface area (Å²) in [7, 11) is 0. The molecule has 5 nitrogen and oxygen atoms in total. The predicted molar refractivity (Wildman–Crippen MR) is 117 cm³/mol. The van der Waals surface area contributed by atoms with Crippen LogP contribution in [0.4, 0.5) is 0 Å². The minimum Gasteiger partial charge on any atom is -0.508 e. The molecule has 2 aromatic carbocycles. The van der Waals surface area contributed by atoms with E-state index in [1.165, 1.54) is 0 Å². The van der Waals surface area contributed by atoms with Gasteiger partial charge in [-0.15, -0.1) is 0 Å². The minimum absolute atomic E-state index is 0.292. The highest BCUT2D eigenvalue weighted by Crippen LogP contribution is 2.12. The van der Waals surface area contributed by atoms with Gasteiger partial charge in [0.2, 0.25) is 0 Å². The largest absolute Gasteiger partial charge is 0.508 e. The third-order valence-corrected chi connectivity index (χ3v) is 3.18. The second-order valence-electron chi connectivity index (χ2n) is 5.21. The van der Waals surface area contributed by atoms with Crippen LogP contribution in [-0.2, 0) is 4.74 Å². The monoisotopic (exact) mass is 390 g/mol. The van der Waals surface area contributed by atoms with Crippen molar-refractivity contribution in [1.29, 1.82) is 10.5 Å². The fraction of sp³-hybridized carbons (Fsp3) is 0.167. The summed E-state index contributed by atoms with van der Waals surface area (Å²) in [6.07, 6.45) is 5.80. The quantitative estimate of drug-likeness (QED) is 0.507. The second-order valence-corrected chi connectivity index (χ2v) is 5.21. The summed E-state index contributed by atoms with van der Waals surface area (Å²) >= 11 is 0. The van der Waals surface area contributed by atoms with Crippen molar-refractivity contribution in [3.63, 3.8) is 0 Å². The van der Waals surface area contributed by atoms with Gasteiger partial charge >= 0.3 is 0 Å². The van der Waals surface area contributed by atoms with E-state index in [0.717, 1.165) is 35.6 Å². The zero-order chi connectivity index (χ0) is 21.7. The SMILES string of the molecule is C=Cc1ccc(O)cc1.C=Cc1ccc(OCCOCC)cc1.N#C/C=C/C#N. The van der Waals surface area contributed by atoms with E-state index >= 15 is 0 Å². The summed E-state index contributed by atoms with van der Waals surface area (Å²) in [5.41, 5.74) is 2.12. The summed E-state index contributed by atoms with van der Waals surface area (Å²) in [4.78, 5) is 0. The predicted octanol–water partition coefficient (Wildman–Crippen LogP) is 5.37. The molecule has 0 fully saturated rings. The van der Waals surface area contributed by atoms with Crippen molar-refractivity contribution in [1.82, 2.24) is 0 Å². The van der Waals surface area contributed by atoms with E-state index in [4.69, 9.17) is 25.1 Å². The lowest BCUT2D eigenvalue weighted by Gasteiger charge is -2.05. The van der Waals surface area contributed by atoms with E-state index in [9.17, 15) is 0 Å². The smallest absolute Gasteiger partial charge is 0.119 e. The van der Waals surface area contributed by atoms with Crippen molar-refractivity contribution in [3.8, 4) is 23.6 Å². The Balaban J connectivity index is 0.000000448. The number of rotatable bonds is 7. The van der Waals surface area contributed by atoms with Crippen LogP contribution >= 0.6 is 0 Å². The molecule has 1 N–H and O–H groups in total. The first kappa shape index (κ1) is 25.2. The van der Waals surface area contributed by atoms with E-state index in [1.807, 2.05) is 49.4 Å². The van der Waals surface area contributed by atoms with Gasteiger partial charge < -0.3 is 14.6 Å². The van der Waals surface area contributed by atoms with Gasteiger partial charge in [-0.2, -0.15) is 10.5 Å². The lowest BCUT2D eigenvalue weighted by Crippen LogP contribution is -2.06. The molecule has 0 atom stereocenters. The molecular weight excluding hydrogens is 364 g/mol. The van der Waals surface area contributed by atoms with E-state index < -0.39 is 0 Å². The van der Waals surface area contributed by atoms with E-state index in [-0.39, 0.29) is 0 Å². The lowest BCUT2D eigenvalue weighted by molar-refractivity contribution is 0.110. The summed E-state index contributed by atoms with van der Waals surface area (Å²) < 4.78 is 10.6. The van der Waals surface area contributed by atoms with Crippen LogP contribution in [-0.4, -0.2) is 24.9 Å². The maximum Gasteiger partial charge on any atom is 0.119 e. The van der Waals surface area contributed by atoms with Crippen molar-refractivity contribution in [2.24, 2.45) is 0 Å². The van der Waals surface area contributed by atoms with Crippen molar-refractivity contribution >= 4 is 12.2 Å². The third-order valence-electron chi connectivity index (χ3n) is 3.18. The van der Waals surface area contributed by atoms with Gasteiger partial charge in [-0.25, -0.2) is 0 Å². The van der Waals surface area contributed by atoms with Crippen molar-refractivity contribution in [2.75, 3.05) is 19.8 Å². The number of allylic oxidation sites excluding steroid dienone is 2. The Morgan fingerprint density at radius 3 is 1.76 bits per heavy atom. The van der Waals surface area contributed by atoms with Gasteiger partial charge in [0.1, 0.15) is 18.1 Å². The molecule has 5 heteroatoms. The third kappa shape index (κ3) is 14.0. The Kier molecular flexibility index (Phi) is 15.3. The zero-order valence-electron chi connectivity index (χ0n) is 16.6. The molecule has 0 aliphatic carbocycles. The first-order valence-corrected chi connectivity index (χ1v) is 8.90. The number of nitriles is 2. The number of phenolic OH excluding ortho intramolecular Hbond substituents is 1. The highest BCUT2D eigenvalue weighted by atomic mass is 16.5. The van der Waals surface area contributed by atoms with Crippen LogP contribution in [0.3, 0.4) is 0 Å². The minimum atomic E-state index is 0.292. The highest BCUT2D eigenvalue weighted by molar-refractivity contribution is 5.48. The van der Waals surface area contributed by atoms with Crippen LogP contribution in [0.25, 0.3) is 12.2 Å². The van der Waals surface area contributed by atoms with E-state index in [1.54, 1.807) is 30.3 Å². The number of aromatic hydroxyl groups is 1. The van der Waals surface area contributed by atoms with Crippen LogP contribution in [0.2, 0.25) is 0 Å². The average molecular weight is 390 g/mol. The molecule has 0 heterocycles. The number of ether oxygens (including phenoxy) is 2. The van der Waals surface area contributed by atoms with Crippen LogP contribution in [0, 0.1) is 22.7 Å². The van der Waals surface area contributed by atoms with Crippen LogP contribution in [0.5, 0.6) is 11.5 Å². The molecule has 0 unspecified atom stereocenters. The van der Waals surface area contributed by atoms with Gasteiger partial charge in [0.15, 0.2) is 0 Å². The number of nitrogens with zero attached hydrogens (tertiary/aromatic N) is 2. The molecule has 0 radical (unpaired) electrons. The molecule has 0 spiro atoms. The first-order valence-electron chi connectivity index (χ1n) is 8.90. The molecule has 0 amide bonds. The van der Waals surface area contributed by atoms with Crippen LogP contribution in [0.15, 0.2) is 73.8 Å². The Hall–Kier alpha value is -3.80. The summed E-state index contributed by atoms with van der Waals surface area (Å²) in [6.45, 7) is 11.2. The molecule has 2 rings (SSSR count). The lowest BCUT2D eigenvalue weighted by atomic mass is 10.2. The molecule has 0 aliphatic heterocycles. The summed E-state index contributed by atoms with van der Waals surface area (Å²) in [6, 6.07) is 18.0. The maximum atomic E-state index is 8.82. The van der Waals surface area contributed by atoms with Gasteiger partial charge in [-0.1, -0.05) is 49.6 Å². The Bertz CT molecular complexity index is 795. The molecule has 2 aromatic rings. The Morgan fingerprint density at radius 1 is 0.862 bits per heavy atom. The molecule has 0 bridgehead atoms. The second kappa shape index (κ2) is 17.6. The van der Waals surface area contributed by atoms with Crippen LogP contribution < -0.4 is 4.74 Å². The Morgan fingerprint density at radius 2 is 1.34 bits per heavy atom.